The minimum absolute atomic E-state index is 0.0633. The molecule has 0 saturated carbocycles. The van der Waals surface area contributed by atoms with Gasteiger partial charge in [0.2, 0.25) is 0 Å². The first-order valence-corrected chi connectivity index (χ1v) is 7.79. The van der Waals surface area contributed by atoms with Crippen molar-refractivity contribution >= 4 is 11.7 Å². The van der Waals surface area contributed by atoms with Crippen LogP contribution in [0.25, 0.3) is 0 Å². The van der Waals surface area contributed by atoms with Gasteiger partial charge in [0.15, 0.2) is 0 Å². The maximum absolute atomic E-state index is 12.2. The zero-order valence-electron chi connectivity index (χ0n) is 13.6. The van der Waals surface area contributed by atoms with Crippen LogP contribution in [0.2, 0.25) is 0 Å². The molecule has 0 spiro atoms. The highest BCUT2D eigenvalue weighted by atomic mass is 16.2. The highest BCUT2D eigenvalue weighted by Crippen LogP contribution is 2.11. The van der Waals surface area contributed by atoms with Crippen LogP contribution in [0.4, 0.5) is 10.5 Å². The van der Waals surface area contributed by atoms with Crippen molar-refractivity contribution in [1.82, 2.24) is 24.6 Å². The summed E-state index contributed by atoms with van der Waals surface area (Å²) in [6, 6.07) is 3.98. The van der Waals surface area contributed by atoms with E-state index in [-0.39, 0.29) is 6.03 Å². The highest BCUT2D eigenvalue weighted by Gasteiger charge is 2.21. The largest absolute Gasteiger partial charge is 0.322 e. The van der Waals surface area contributed by atoms with Gasteiger partial charge in [-0.1, -0.05) is 6.07 Å². The Hall–Kier alpha value is -2.41. The van der Waals surface area contributed by atoms with E-state index < -0.39 is 0 Å². The lowest BCUT2D eigenvalue weighted by molar-refractivity contribution is 0.142. The quantitative estimate of drug-likeness (QED) is 0.932. The summed E-state index contributed by atoms with van der Waals surface area (Å²) in [5.74, 6) is 0. The summed E-state index contributed by atoms with van der Waals surface area (Å²) in [6.45, 7) is 6.08. The van der Waals surface area contributed by atoms with Crippen molar-refractivity contribution in [2.24, 2.45) is 7.05 Å². The molecule has 0 atom stereocenters. The fraction of sp³-hybridized carbons (Fsp3) is 0.438. The Balaban J connectivity index is 1.50. The number of piperazine rings is 1. The van der Waals surface area contributed by atoms with Crippen molar-refractivity contribution in [2.75, 3.05) is 31.5 Å². The molecule has 0 radical (unpaired) electrons. The number of amides is 2. The molecule has 2 aromatic rings. The number of pyridine rings is 1. The normalized spacial score (nSPS) is 15.7. The number of carbonyl (C=O) groups excluding carboxylic acids is 1. The van der Waals surface area contributed by atoms with Crippen molar-refractivity contribution < 1.29 is 4.79 Å². The predicted octanol–water partition coefficient (Wildman–Crippen LogP) is 1.47. The van der Waals surface area contributed by atoms with Gasteiger partial charge >= 0.3 is 6.03 Å². The molecule has 1 N–H and O–H groups in total. The Morgan fingerprint density at radius 3 is 2.74 bits per heavy atom. The van der Waals surface area contributed by atoms with Gasteiger partial charge in [-0.25, -0.2) is 4.79 Å². The average molecular weight is 314 g/mol. The Kier molecular flexibility index (Phi) is 4.57. The van der Waals surface area contributed by atoms with Crippen molar-refractivity contribution in [3.63, 3.8) is 0 Å². The van der Waals surface area contributed by atoms with E-state index in [0.29, 0.717) is 0 Å². The Morgan fingerprint density at radius 2 is 2.09 bits per heavy atom. The first kappa shape index (κ1) is 15.5. The van der Waals surface area contributed by atoms with Crippen LogP contribution in [0.15, 0.2) is 30.7 Å². The molecule has 0 aromatic carbocycles. The number of rotatable bonds is 3. The molecular weight excluding hydrogens is 292 g/mol. The second kappa shape index (κ2) is 6.78. The van der Waals surface area contributed by atoms with Crippen LogP contribution in [0, 0.1) is 6.92 Å². The van der Waals surface area contributed by atoms with Crippen LogP contribution in [-0.2, 0) is 13.6 Å². The molecule has 1 fully saturated rings. The number of aryl methyl sites for hydroxylation is 2. The van der Waals surface area contributed by atoms with E-state index in [4.69, 9.17) is 0 Å². The van der Waals surface area contributed by atoms with Gasteiger partial charge in [-0.2, -0.15) is 5.10 Å². The third kappa shape index (κ3) is 3.87. The number of hydrogen-bond acceptors (Lipinski definition) is 4. The minimum atomic E-state index is -0.0633. The third-order valence-electron chi connectivity index (χ3n) is 4.11. The molecule has 7 nitrogen and oxygen atoms in total. The summed E-state index contributed by atoms with van der Waals surface area (Å²) in [6.07, 6.45) is 5.27. The standard InChI is InChI=1S/C16H22N6O/c1-13-4-3-5-17-15(13)12-21-6-8-22(9-7-21)16(23)19-14-10-18-20(2)11-14/h3-5,10-11H,6-9,12H2,1-2H3,(H,19,23). The molecule has 122 valence electrons. The van der Waals surface area contributed by atoms with E-state index in [2.05, 4.69) is 33.3 Å². The molecule has 2 amide bonds. The van der Waals surface area contributed by atoms with Gasteiger partial charge in [-0.3, -0.25) is 14.6 Å². The minimum Gasteiger partial charge on any atom is -0.322 e. The lowest BCUT2D eigenvalue weighted by atomic mass is 10.2. The van der Waals surface area contributed by atoms with Gasteiger partial charge in [0.1, 0.15) is 0 Å². The molecule has 7 heteroatoms. The van der Waals surface area contributed by atoms with Crippen LogP contribution in [0.5, 0.6) is 0 Å². The summed E-state index contributed by atoms with van der Waals surface area (Å²) in [4.78, 5) is 20.9. The summed E-state index contributed by atoms with van der Waals surface area (Å²) in [5.41, 5.74) is 3.05. The number of anilines is 1. The first-order valence-electron chi connectivity index (χ1n) is 7.79. The SMILES string of the molecule is Cc1cccnc1CN1CCN(C(=O)Nc2cnn(C)c2)CC1. The number of carbonyl (C=O) groups is 1. The van der Waals surface area contributed by atoms with E-state index in [1.165, 1.54) is 5.56 Å². The van der Waals surface area contributed by atoms with Gasteiger partial charge in [0.25, 0.3) is 0 Å². The fourth-order valence-electron chi connectivity index (χ4n) is 2.69. The lowest BCUT2D eigenvalue weighted by Crippen LogP contribution is -2.49. The first-order chi connectivity index (χ1) is 11.1. The molecule has 1 aliphatic rings. The maximum Gasteiger partial charge on any atom is 0.322 e. The van der Waals surface area contributed by atoms with E-state index >= 15 is 0 Å². The molecule has 0 aliphatic carbocycles. The smallest absolute Gasteiger partial charge is 0.322 e. The summed E-state index contributed by atoms with van der Waals surface area (Å²) in [7, 11) is 1.83. The molecule has 3 rings (SSSR count). The van der Waals surface area contributed by atoms with Gasteiger partial charge in [0, 0.05) is 52.2 Å². The molecule has 0 bridgehead atoms. The van der Waals surface area contributed by atoms with E-state index in [0.717, 1.165) is 44.1 Å². The van der Waals surface area contributed by atoms with Crippen LogP contribution >= 0.6 is 0 Å². The molecule has 3 heterocycles. The zero-order valence-corrected chi connectivity index (χ0v) is 13.6. The summed E-state index contributed by atoms with van der Waals surface area (Å²) < 4.78 is 1.67. The second-order valence-electron chi connectivity index (χ2n) is 5.86. The number of nitrogens with zero attached hydrogens (tertiary/aromatic N) is 5. The lowest BCUT2D eigenvalue weighted by Gasteiger charge is -2.34. The van der Waals surface area contributed by atoms with Crippen LogP contribution in [0.3, 0.4) is 0 Å². The maximum atomic E-state index is 12.2. The van der Waals surface area contributed by atoms with Crippen LogP contribution in [-0.4, -0.2) is 56.8 Å². The molecule has 0 unspecified atom stereocenters. The number of nitrogens with one attached hydrogen (secondary N) is 1. The molecule has 1 saturated heterocycles. The third-order valence-corrected chi connectivity index (χ3v) is 4.11. The second-order valence-corrected chi connectivity index (χ2v) is 5.86. The van der Waals surface area contributed by atoms with Crippen molar-refractivity contribution in [2.45, 2.75) is 13.5 Å². The summed E-state index contributed by atoms with van der Waals surface area (Å²) in [5, 5.41) is 6.93. The predicted molar refractivity (Wildman–Crippen MR) is 88.1 cm³/mol. The molecular formula is C16H22N6O. The average Bonchev–Trinajstić information content (AvgIpc) is 2.95. The molecule has 2 aromatic heterocycles. The number of urea groups is 1. The molecule has 1 aliphatic heterocycles. The Morgan fingerprint density at radius 1 is 1.30 bits per heavy atom. The Bertz CT molecular complexity index is 675. The number of hydrogen-bond donors (Lipinski definition) is 1. The van der Waals surface area contributed by atoms with Crippen LogP contribution in [0.1, 0.15) is 11.3 Å². The monoisotopic (exact) mass is 314 g/mol. The highest BCUT2D eigenvalue weighted by molar-refractivity contribution is 5.89. The van der Waals surface area contributed by atoms with Crippen molar-refractivity contribution in [3.8, 4) is 0 Å². The van der Waals surface area contributed by atoms with Gasteiger partial charge in [-0.05, 0) is 18.6 Å². The van der Waals surface area contributed by atoms with Crippen molar-refractivity contribution in [1.29, 1.82) is 0 Å². The zero-order chi connectivity index (χ0) is 16.2. The topological polar surface area (TPSA) is 66.3 Å². The van der Waals surface area contributed by atoms with E-state index in [1.54, 1.807) is 17.1 Å². The fourth-order valence-corrected chi connectivity index (χ4v) is 2.69. The van der Waals surface area contributed by atoms with Crippen molar-refractivity contribution in [3.05, 3.63) is 42.0 Å². The summed E-state index contributed by atoms with van der Waals surface area (Å²) >= 11 is 0. The molecule has 23 heavy (non-hydrogen) atoms. The van der Waals surface area contributed by atoms with Gasteiger partial charge in [0.05, 0.1) is 17.6 Å². The van der Waals surface area contributed by atoms with Crippen LogP contribution < -0.4 is 5.32 Å². The van der Waals surface area contributed by atoms with Gasteiger partial charge in [-0.15, -0.1) is 0 Å². The van der Waals surface area contributed by atoms with Gasteiger partial charge < -0.3 is 10.2 Å². The Labute approximate surface area is 135 Å². The van der Waals surface area contributed by atoms with E-state index in [1.807, 2.05) is 24.2 Å². The number of aromatic nitrogens is 3. The van der Waals surface area contributed by atoms with E-state index in [9.17, 15) is 4.79 Å².